The monoisotopic (exact) mass is 659 g/mol. The van der Waals surface area contributed by atoms with Gasteiger partial charge in [-0.05, 0) is 133 Å². The summed E-state index contributed by atoms with van der Waals surface area (Å²) in [6.45, 7) is 4.58. The van der Waals surface area contributed by atoms with Gasteiger partial charge in [0, 0.05) is 11.4 Å². The molecule has 0 radical (unpaired) electrons. The van der Waals surface area contributed by atoms with Crippen LogP contribution >= 0.6 is 0 Å². The number of hydrogen-bond acceptors (Lipinski definition) is 2. The third-order valence-corrected chi connectivity index (χ3v) is 10.3. The van der Waals surface area contributed by atoms with Crippen molar-refractivity contribution < 1.29 is 0 Å². The number of nitrogen functional groups attached to an aromatic ring is 2. The summed E-state index contributed by atoms with van der Waals surface area (Å²) in [4.78, 5) is 0. The van der Waals surface area contributed by atoms with Gasteiger partial charge in [0.2, 0.25) is 0 Å². The predicted octanol–water partition coefficient (Wildman–Crippen LogP) is 12.8. The lowest BCUT2D eigenvalue weighted by molar-refractivity contribution is 0.545. The van der Waals surface area contributed by atoms with Crippen LogP contribution in [-0.4, -0.2) is 0 Å². The Bertz CT molecular complexity index is 1350. The van der Waals surface area contributed by atoms with E-state index in [9.17, 15) is 0 Å². The molecule has 0 saturated heterocycles. The molecule has 0 aliphatic rings. The lowest BCUT2D eigenvalue weighted by Gasteiger charge is -2.13. The minimum atomic E-state index is 0.841. The zero-order valence-electron chi connectivity index (χ0n) is 31.1. The first kappa shape index (κ1) is 38.3. The Morgan fingerprint density at radius 1 is 0.327 bits per heavy atom. The molecule has 0 spiro atoms. The lowest BCUT2D eigenvalue weighted by Crippen LogP contribution is -1.99. The maximum Gasteiger partial charge on any atom is 0.0314 e. The van der Waals surface area contributed by atoms with Crippen LogP contribution in [0.25, 0.3) is 0 Å². The van der Waals surface area contributed by atoms with Crippen LogP contribution in [0, 0.1) is 0 Å². The Morgan fingerprint density at radius 3 is 1.00 bits per heavy atom. The van der Waals surface area contributed by atoms with Gasteiger partial charge in [0.15, 0.2) is 0 Å². The summed E-state index contributed by atoms with van der Waals surface area (Å²) in [5.74, 6) is 0. The summed E-state index contributed by atoms with van der Waals surface area (Å²) >= 11 is 0. The minimum Gasteiger partial charge on any atom is -0.399 e. The fourth-order valence-corrected chi connectivity index (χ4v) is 7.17. The summed E-state index contributed by atoms with van der Waals surface area (Å²) in [7, 11) is 0. The van der Waals surface area contributed by atoms with Crippen molar-refractivity contribution in [2.45, 2.75) is 149 Å². The van der Waals surface area contributed by atoms with Gasteiger partial charge in [-0.2, -0.15) is 0 Å². The van der Waals surface area contributed by atoms with E-state index in [0.29, 0.717) is 0 Å². The van der Waals surface area contributed by atoms with Gasteiger partial charge in [0.05, 0.1) is 0 Å². The molecular weight excluding hydrogens is 593 g/mol. The van der Waals surface area contributed by atoms with Crippen molar-refractivity contribution in [2.24, 2.45) is 0 Å². The Hall–Kier alpha value is -3.52. The molecule has 0 atom stereocenters. The first-order chi connectivity index (χ1) is 24.0. The van der Waals surface area contributed by atoms with Gasteiger partial charge in [0.1, 0.15) is 0 Å². The fourth-order valence-electron chi connectivity index (χ4n) is 7.17. The normalized spacial score (nSPS) is 11.3. The summed E-state index contributed by atoms with van der Waals surface area (Å²) < 4.78 is 0. The van der Waals surface area contributed by atoms with E-state index in [-0.39, 0.29) is 0 Å². The third-order valence-electron chi connectivity index (χ3n) is 10.3. The summed E-state index contributed by atoms with van der Waals surface area (Å²) in [5.41, 5.74) is 25.3. The van der Waals surface area contributed by atoms with Gasteiger partial charge >= 0.3 is 0 Å². The average Bonchev–Trinajstić information content (AvgIpc) is 3.11. The van der Waals surface area contributed by atoms with E-state index in [0.717, 1.165) is 24.2 Å². The van der Waals surface area contributed by atoms with Gasteiger partial charge in [-0.1, -0.05) is 145 Å². The third kappa shape index (κ3) is 14.5. The van der Waals surface area contributed by atoms with E-state index in [1.807, 2.05) is 24.3 Å². The maximum atomic E-state index is 5.90. The molecule has 4 aromatic carbocycles. The molecule has 0 fully saturated rings. The quantitative estimate of drug-likeness (QED) is 0.0581. The van der Waals surface area contributed by atoms with E-state index in [1.165, 1.54) is 155 Å². The Balaban J connectivity index is 1.05. The zero-order chi connectivity index (χ0) is 34.5. The van der Waals surface area contributed by atoms with E-state index in [2.05, 4.69) is 74.5 Å². The van der Waals surface area contributed by atoms with E-state index in [4.69, 9.17) is 11.5 Å². The van der Waals surface area contributed by atoms with E-state index >= 15 is 0 Å². The summed E-state index contributed by atoms with van der Waals surface area (Å²) in [6.07, 6.45) is 27.0. The van der Waals surface area contributed by atoms with Crippen molar-refractivity contribution >= 4 is 11.4 Å². The van der Waals surface area contributed by atoms with Gasteiger partial charge < -0.3 is 11.5 Å². The second-order valence-electron chi connectivity index (χ2n) is 14.6. The van der Waals surface area contributed by atoms with Crippen LogP contribution in [-0.2, 0) is 38.5 Å². The SMILES string of the molecule is CCCCc1cc(CCCCCCCCCCCCCc2ccc(Cc3ccc(N)cc3)c(CCCC)c2)ccc1Cc1ccc(N)cc1. The van der Waals surface area contributed by atoms with Gasteiger partial charge in [-0.25, -0.2) is 0 Å². The van der Waals surface area contributed by atoms with Crippen molar-refractivity contribution in [1.29, 1.82) is 0 Å². The van der Waals surface area contributed by atoms with Crippen LogP contribution < -0.4 is 11.5 Å². The Labute approximate surface area is 300 Å². The molecular formula is C47H66N2. The maximum absolute atomic E-state index is 5.90. The first-order valence-electron chi connectivity index (χ1n) is 19.9. The molecule has 0 aliphatic carbocycles. The highest BCUT2D eigenvalue weighted by atomic mass is 14.5. The predicted molar refractivity (Wildman–Crippen MR) is 216 cm³/mol. The molecule has 264 valence electrons. The van der Waals surface area contributed by atoms with Crippen molar-refractivity contribution in [2.75, 3.05) is 11.5 Å². The number of aryl methyl sites for hydroxylation is 4. The van der Waals surface area contributed by atoms with E-state index < -0.39 is 0 Å². The van der Waals surface area contributed by atoms with Gasteiger partial charge in [0.25, 0.3) is 0 Å². The molecule has 49 heavy (non-hydrogen) atoms. The lowest BCUT2D eigenvalue weighted by atomic mass is 9.93. The molecule has 4 aromatic rings. The molecule has 0 heterocycles. The van der Waals surface area contributed by atoms with E-state index in [1.54, 1.807) is 11.1 Å². The topological polar surface area (TPSA) is 52.0 Å². The number of unbranched alkanes of at least 4 members (excludes halogenated alkanes) is 12. The molecule has 4 rings (SSSR count). The first-order valence-corrected chi connectivity index (χ1v) is 19.9. The Kier molecular flexibility index (Phi) is 17.4. The molecule has 2 heteroatoms. The summed E-state index contributed by atoms with van der Waals surface area (Å²) in [6, 6.07) is 31.3. The zero-order valence-corrected chi connectivity index (χ0v) is 31.1. The molecule has 0 aromatic heterocycles. The standard InChI is InChI=1S/C47H66N2/c1-3-5-20-42-34-38(22-28-44(42)36-40-24-30-46(48)31-25-40)18-16-14-12-10-8-7-9-11-13-15-17-19-39-23-29-45(43(35-39)21-6-4-2)37-41-26-32-47(49)33-27-41/h22-35H,3-21,36-37,48-49H2,1-2H3. The Morgan fingerprint density at radius 2 is 0.653 bits per heavy atom. The van der Waals surface area contributed by atoms with Crippen LogP contribution in [0.1, 0.15) is 155 Å². The molecule has 0 bridgehead atoms. The largest absolute Gasteiger partial charge is 0.399 e. The van der Waals surface area contributed by atoms with Gasteiger partial charge in [-0.15, -0.1) is 0 Å². The van der Waals surface area contributed by atoms with Crippen LogP contribution in [0.4, 0.5) is 11.4 Å². The van der Waals surface area contributed by atoms with Crippen molar-refractivity contribution in [3.8, 4) is 0 Å². The number of nitrogens with two attached hydrogens (primary N) is 2. The molecule has 0 unspecified atom stereocenters. The highest BCUT2D eigenvalue weighted by Gasteiger charge is 2.08. The minimum absolute atomic E-state index is 0.841. The number of hydrogen-bond donors (Lipinski definition) is 2. The number of anilines is 2. The number of benzene rings is 4. The fraction of sp³-hybridized carbons (Fsp3) is 0.489. The molecule has 0 saturated carbocycles. The highest BCUT2D eigenvalue weighted by molar-refractivity contribution is 5.43. The van der Waals surface area contributed by atoms with Crippen LogP contribution in [0.15, 0.2) is 84.9 Å². The van der Waals surface area contributed by atoms with Crippen LogP contribution in [0.3, 0.4) is 0 Å². The van der Waals surface area contributed by atoms with Crippen molar-refractivity contribution in [3.05, 3.63) is 129 Å². The average molecular weight is 659 g/mol. The molecule has 4 N–H and O–H groups in total. The summed E-state index contributed by atoms with van der Waals surface area (Å²) in [5, 5.41) is 0. The number of rotatable bonds is 24. The second-order valence-corrected chi connectivity index (χ2v) is 14.6. The molecule has 2 nitrogen and oxygen atoms in total. The second kappa shape index (κ2) is 22.2. The van der Waals surface area contributed by atoms with Crippen LogP contribution in [0.2, 0.25) is 0 Å². The van der Waals surface area contributed by atoms with Crippen molar-refractivity contribution in [1.82, 2.24) is 0 Å². The van der Waals surface area contributed by atoms with Crippen LogP contribution in [0.5, 0.6) is 0 Å². The smallest absolute Gasteiger partial charge is 0.0314 e. The van der Waals surface area contributed by atoms with Gasteiger partial charge in [-0.3, -0.25) is 0 Å². The molecule has 0 aliphatic heterocycles. The molecule has 0 amide bonds. The highest BCUT2D eigenvalue weighted by Crippen LogP contribution is 2.23. The van der Waals surface area contributed by atoms with Crippen molar-refractivity contribution in [3.63, 3.8) is 0 Å².